The van der Waals surface area contributed by atoms with Gasteiger partial charge in [0.15, 0.2) is 0 Å². The Hall–Kier alpha value is -2.50. The molecule has 0 amide bonds. The van der Waals surface area contributed by atoms with Crippen LogP contribution in [0.15, 0.2) is 47.1 Å². The molecule has 0 spiro atoms. The van der Waals surface area contributed by atoms with E-state index in [0.29, 0.717) is 29.4 Å². The molecule has 3 aromatic rings. The van der Waals surface area contributed by atoms with Crippen LogP contribution in [0.25, 0.3) is 5.69 Å². The second kappa shape index (κ2) is 7.81. The minimum Gasteiger partial charge on any atom is -0.478 e. The van der Waals surface area contributed by atoms with Gasteiger partial charge in [0.2, 0.25) is 0 Å². The maximum Gasteiger partial charge on any atom is 0.337 e. The van der Waals surface area contributed by atoms with Crippen molar-refractivity contribution >= 4 is 17.6 Å². The Morgan fingerprint density at radius 2 is 1.92 bits per heavy atom. The van der Waals surface area contributed by atoms with E-state index < -0.39 is 5.97 Å². The topological polar surface area (TPSA) is 67.4 Å². The number of carboxylic acid groups (broad SMARTS) is 1. The maximum absolute atomic E-state index is 11.8. The van der Waals surface area contributed by atoms with E-state index >= 15 is 0 Å². The first-order chi connectivity index (χ1) is 12.5. The molecule has 2 heterocycles. The summed E-state index contributed by atoms with van der Waals surface area (Å²) in [6.07, 6.45) is 2.41. The van der Waals surface area contributed by atoms with Gasteiger partial charge in [-0.25, -0.2) is 4.79 Å². The number of rotatable bonds is 7. The van der Waals surface area contributed by atoms with E-state index in [4.69, 9.17) is 16.0 Å². The number of benzene rings is 1. The number of aromatic carboxylic acids is 1. The van der Waals surface area contributed by atoms with E-state index in [1.807, 2.05) is 42.7 Å². The molecule has 6 heteroatoms. The number of nitrogens with zero attached hydrogens (tertiary/aromatic N) is 1. The van der Waals surface area contributed by atoms with Crippen molar-refractivity contribution in [1.29, 1.82) is 0 Å². The quantitative estimate of drug-likeness (QED) is 0.604. The molecule has 26 heavy (non-hydrogen) atoms. The number of carbonyl (C=O) groups is 1. The van der Waals surface area contributed by atoms with Crippen molar-refractivity contribution in [2.45, 2.75) is 26.8 Å². The SMILES string of the molecule is Cc1c(CNCCc2ccco2)c(C(=O)O)c(C)n1-c1ccc(Cl)cc1. The van der Waals surface area contributed by atoms with Crippen LogP contribution in [0.2, 0.25) is 5.02 Å². The number of nitrogens with one attached hydrogen (secondary N) is 1. The molecular weight excluding hydrogens is 352 g/mol. The first kappa shape index (κ1) is 18.3. The van der Waals surface area contributed by atoms with E-state index in [0.717, 1.165) is 29.1 Å². The van der Waals surface area contributed by atoms with Gasteiger partial charge in [-0.15, -0.1) is 0 Å². The fourth-order valence-corrected chi connectivity index (χ4v) is 3.38. The van der Waals surface area contributed by atoms with E-state index in [1.165, 1.54) is 0 Å². The first-order valence-corrected chi connectivity index (χ1v) is 8.80. The van der Waals surface area contributed by atoms with Crippen molar-refractivity contribution in [3.05, 3.63) is 76.0 Å². The summed E-state index contributed by atoms with van der Waals surface area (Å²) in [5.41, 5.74) is 3.66. The number of halogens is 1. The number of furan rings is 1. The van der Waals surface area contributed by atoms with Crippen LogP contribution < -0.4 is 5.32 Å². The summed E-state index contributed by atoms with van der Waals surface area (Å²) in [7, 11) is 0. The normalized spacial score (nSPS) is 11.0. The maximum atomic E-state index is 11.8. The molecule has 0 atom stereocenters. The second-order valence-electron chi connectivity index (χ2n) is 6.15. The molecule has 5 nitrogen and oxygen atoms in total. The average Bonchev–Trinajstić information content (AvgIpc) is 3.19. The molecule has 3 rings (SSSR count). The summed E-state index contributed by atoms with van der Waals surface area (Å²) in [5, 5.41) is 13.7. The number of hydrogen-bond acceptors (Lipinski definition) is 3. The fraction of sp³-hybridized carbons (Fsp3) is 0.250. The highest BCUT2D eigenvalue weighted by Crippen LogP contribution is 2.27. The van der Waals surface area contributed by atoms with Crippen molar-refractivity contribution in [3.63, 3.8) is 0 Å². The van der Waals surface area contributed by atoms with Gasteiger partial charge in [-0.2, -0.15) is 0 Å². The van der Waals surface area contributed by atoms with Crippen LogP contribution in [0.4, 0.5) is 0 Å². The average molecular weight is 373 g/mol. The monoisotopic (exact) mass is 372 g/mol. The van der Waals surface area contributed by atoms with Crippen LogP contribution in [0.5, 0.6) is 0 Å². The fourth-order valence-electron chi connectivity index (χ4n) is 3.25. The Morgan fingerprint density at radius 1 is 1.19 bits per heavy atom. The molecule has 0 saturated carbocycles. The highest BCUT2D eigenvalue weighted by atomic mass is 35.5. The summed E-state index contributed by atoms with van der Waals surface area (Å²) >= 11 is 5.97. The molecule has 0 saturated heterocycles. The Morgan fingerprint density at radius 3 is 2.54 bits per heavy atom. The molecule has 0 aliphatic rings. The van der Waals surface area contributed by atoms with E-state index in [9.17, 15) is 9.90 Å². The predicted octanol–water partition coefficient (Wildman–Crippen LogP) is 4.37. The van der Waals surface area contributed by atoms with Crippen LogP contribution >= 0.6 is 11.6 Å². The van der Waals surface area contributed by atoms with Crippen molar-refractivity contribution < 1.29 is 14.3 Å². The van der Waals surface area contributed by atoms with Gasteiger partial charge in [-0.3, -0.25) is 0 Å². The minimum atomic E-state index is -0.916. The first-order valence-electron chi connectivity index (χ1n) is 8.42. The smallest absolute Gasteiger partial charge is 0.337 e. The summed E-state index contributed by atoms with van der Waals surface area (Å²) in [6, 6.07) is 11.2. The lowest BCUT2D eigenvalue weighted by Gasteiger charge is -2.10. The molecule has 2 aromatic heterocycles. The number of carboxylic acids is 1. The number of hydrogen-bond donors (Lipinski definition) is 2. The van der Waals surface area contributed by atoms with Gasteiger partial charge in [0.25, 0.3) is 0 Å². The molecule has 0 bridgehead atoms. The van der Waals surface area contributed by atoms with E-state index in [1.54, 1.807) is 18.4 Å². The highest BCUT2D eigenvalue weighted by molar-refractivity contribution is 6.30. The summed E-state index contributed by atoms with van der Waals surface area (Å²) in [4.78, 5) is 11.8. The predicted molar refractivity (Wildman–Crippen MR) is 101 cm³/mol. The van der Waals surface area contributed by atoms with Crippen LogP contribution in [0.3, 0.4) is 0 Å². The Kier molecular flexibility index (Phi) is 5.49. The van der Waals surface area contributed by atoms with Crippen LogP contribution in [0, 0.1) is 13.8 Å². The van der Waals surface area contributed by atoms with Gasteiger partial charge in [-0.1, -0.05) is 11.6 Å². The highest BCUT2D eigenvalue weighted by Gasteiger charge is 2.23. The zero-order chi connectivity index (χ0) is 18.7. The third kappa shape index (κ3) is 3.69. The molecular formula is C20H21ClN2O3. The van der Waals surface area contributed by atoms with E-state index in [2.05, 4.69) is 5.32 Å². The van der Waals surface area contributed by atoms with E-state index in [-0.39, 0.29) is 0 Å². The van der Waals surface area contributed by atoms with Gasteiger partial charge in [0, 0.05) is 47.2 Å². The Balaban J connectivity index is 1.85. The molecule has 0 aliphatic heterocycles. The van der Waals surface area contributed by atoms with Gasteiger partial charge in [0.1, 0.15) is 5.76 Å². The minimum absolute atomic E-state index is 0.350. The molecule has 0 radical (unpaired) electrons. The molecule has 0 unspecified atom stereocenters. The molecule has 2 N–H and O–H groups in total. The van der Waals surface area contributed by atoms with Crippen LogP contribution in [0.1, 0.15) is 33.1 Å². The van der Waals surface area contributed by atoms with Gasteiger partial charge >= 0.3 is 5.97 Å². The van der Waals surface area contributed by atoms with Gasteiger partial charge < -0.3 is 19.4 Å². The summed E-state index contributed by atoms with van der Waals surface area (Å²) in [5.74, 6) is -0.0104. The molecule has 136 valence electrons. The van der Waals surface area contributed by atoms with Crippen molar-refractivity contribution in [1.82, 2.24) is 9.88 Å². The molecule has 1 aromatic carbocycles. The zero-order valence-electron chi connectivity index (χ0n) is 14.8. The lowest BCUT2D eigenvalue weighted by atomic mass is 10.1. The van der Waals surface area contributed by atoms with Crippen LogP contribution in [-0.4, -0.2) is 22.2 Å². The Labute approximate surface area is 157 Å². The van der Waals surface area contributed by atoms with Crippen molar-refractivity contribution in [3.8, 4) is 5.69 Å². The van der Waals surface area contributed by atoms with Crippen LogP contribution in [-0.2, 0) is 13.0 Å². The van der Waals surface area contributed by atoms with Gasteiger partial charge in [0.05, 0.1) is 11.8 Å². The lowest BCUT2D eigenvalue weighted by Crippen LogP contribution is -2.18. The third-order valence-corrected chi connectivity index (χ3v) is 4.75. The largest absolute Gasteiger partial charge is 0.478 e. The van der Waals surface area contributed by atoms with Crippen molar-refractivity contribution in [2.75, 3.05) is 6.54 Å². The van der Waals surface area contributed by atoms with Gasteiger partial charge in [-0.05, 0) is 50.2 Å². The second-order valence-corrected chi connectivity index (χ2v) is 6.58. The summed E-state index contributed by atoms with van der Waals surface area (Å²) in [6.45, 7) is 4.96. The summed E-state index contributed by atoms with van der Waals surface area (Å²) < 4.78 is 7.27. The number of aromatic nitrogens is 1. The molecule has 0 aliphatic carbocycles. The molecule has 0 fully saturated rings. The van der Waals surface area contributed by atoms with Crippen molar-refractivity contribution in [2.24, 2.45) is 0 Å². The zero-order valence-corrected chi connectivity index (χ0v) is 15.5. The lowest BCUT2D eigenvalue weighted by molar-refractivity contribution is 0.0695. The standard InChI is InChI=1S/C20H21ClN2O3/c1-13-18(12-22-10-9-17-4-3-11-26-17)19(20(24)25)14(2)23(13)16-7-5-15(21)6-8-16/h3-8,11,22H,9-10,12H2,1-2H3,(H,24,25). The Bertz CT molecular complexity index is 896. The third-order valence-electron chi connectivity index (χ3n) is 4.50.